The maximum Gasteiger partial charge on any atom is 0.231 e. The monoisotopic (exact) mass is 246 g/mol. The molecule has 0 saturated heterocycles. The van der Waals surface area contributed by atoms with Crippen LogP contribution in [-0.4, -0.2) is 31.3 Å². The van der Waals surface area contributed by atoms with Gasteiger partial charge in [0.25, 0.3) is 0 Å². The van der Waals surface area contributed by atoms with E-state index in [9.17, 15) is 5.26 Å². The summed E-state index contributed by atoms with van der Waals surface area (Å²) in [4.78, 5) is 2.25. The van der Waals surface area contributed by atoms with Crippen LogP contribution in [0.25, 0.3) is 0 Å². The number of fused-ring (bicyclic) bond motifs is 1. The van der Waals surface area contributed by atoms with Crippen molar-refractivity contribution >= 4 is 0 Å². The normalized spacial score (nSPS) is 14.6. The highest BCUT2D eigenvalue weighted by Crippen LogP contribution is 2.34. The largest absolute Gasteiger partial charge is 0.454 e. The Morgan fingerprint density at radius 2 is 2.00 bits per heavy atom. The third-order valence-electron chi connectivity index (χ3n) is 3.29. The second kappa shape index (κ2) is 5.74. The molecular weight excluding hydrogens is 228 g/mol. The lowest BCUT2D eigenvalue weighted by Crippen LogP contribution is -2.27. The lowest BCUT2D eigenvalue weighted by molar-refractivity contribution is 0.174. The molecule has 0 amide bonds. The van der Waals surface area contributed by atoms with E-state index in [0.29, 0.717) is 0 Å². The number of likely N-dealkylation sites (N-methyl/N-ethyl adjacent to an activating group) is 1. The summed E-state index contributed by atoms with van der Waals surface area (Å²) in [6, 6.07) is 8.12. The highest BCUT2D eigenvalue weighted by atomic mass is 16.7. The molecule has 0 aliphatic carbocycles. The molecule has 0 fully saturated rings. The fourth-order valence-electron chi connectivity index (χ4n) is 2.09. The molecule has 18 heavy (non-hydrogen) atoms. The predicted molar refractivity (Wildman–Crippen MR) is 68.7 cm³/mol. The molecule has 96 valence electrons. The topological polar surface area (TPSA) is 45.5 Å². The SMILES string of the molecule is CCN(CC)CC(C#N)c1ccc2c(c1)OCO2. The van der Waals surface area contributed by atoms with Gasteiger partial charge in [-0.25, -0.2) is 0 Å². The fraction of sp³-hybridized carbons (Fsp3) is 0.500. The van der Waals surface area contributed by atoms with Gasteiger partial charge in [-0.2, -0.15) is 5.26 Å². The summed E-state index contributed by atoms with van der Waals surface area (Å²) in [5, 5.41) is 9.32. The quantitative estimate of drug-likeness (QED) is 0.800. The van der Waals surface area contributed by atoms with Gasteiger partial charge in [-0.05, 0) is 30.8 Å². The van der Waals surface area contributed by atoms with Crippen LogP contribution in [0.4, 0.5) is 0 Å². The van der Waals surface area contributed by atoms with Gasteiger partial charge in [-0.15, -0.1) is 0 Å². The first kappa shape index (κ1) is 12.7. The van der Waals surface area contributed by atoms with Crippen LogP contribution in [0.2, 0.25) is 0 Å². The van der Waals surface area contributed by atoms with E-state index >= 15 is 0 Å². The number of nitrogens with zero attached hydrogens (tertiary/aromatic N) is 2. The van der Waals surface area contributed by atoms with Crippen molar-refractivity contribution < 1.29 is 9.47 Å². The van der Waals surface area contributed by atoms with Crippen LogP contribution in [0, 0.1) is 11.3 Å². The molecule has 1 heterocycles. The van der Waals surface area contributed by atoms with Gasteiger partial charge >= 0.3 is 0 Å². The first-order chi connectivity index (χ1) is 8.78. The Morgan fingerprint density at radius 1 is 1.28 bits per heavy atom. The number of rotatable bonds is 5. The number of hydrogen-bond donors (Lipinski definition) is 0. The van der Waals surface area contributed by atoms with Crippen molar-refractivity contribution in [3.63, 3.8) is 0 Å². The van der Waals surface area contributed by atoms with Crippen LogP contribution < -0.4 is 9.47 Å². The first-order valence-corrected chi connectivity index (χ1v) is 6.30. The molecule has 0 N–H and O–H groups in total. The van der Waals surface area contributed by atoms with E-state index in [-0.39, 0.29) is 12.7 Å². The molecule has 4 heteroatoms. The smallest absolute Gasteiger partial charge is 0.231 e. The standard InChI is InChI=1S/C14H18N2O2/c1-3-16(4-2)9-12(8-15)11-5-6-13-14(7-11)18-10-17-13/h5-7,12H,3-4,9-10H2,1-2H3. The van der Waals surface area contributed by atoms with Gasteiger partial charge in [-0.1, -0.05) is 19.9 Å². The third kappa shape index (κ3) is 2.57. The number of hydrogen-bond acceptors (Lipinski definition) is 4. The van der Waals surface area contributed by atoms with Crippen molar-refractivity contribution in [2.75, 3.05) is 26.4 Å². The number of benzene rings is 1. The van der Waals surface area contributed by atoms with Crippen LogP contribution in [0.15, 0.2) is 18.2 Å². The summed E-state index contributed by atoms with van der Waals surface area (Å²) in [6.45, 7) is 7.16. The molecule has 1 aliphatic heterocycles. The minimum Gasteiger partial charge on any atom is -0.454 e. The van der Waals surface area contributed by atoms with Gasteiger partial charge in [0, 0.05) is 6.54 Å². The van der Waals surface area contributed by atoms with E-state index in [1.165, 1.54) is 0 Å². The van der Waals surface area contributed by atoms with Crippen molar-refractivity contribution in [2.45, 2.75) is 19.8 Å². The van der Waals surface area contributed by atoms with Crippen molar-refractivity contribution in [3.05, 3.63) is 23.8 Å². The van der Waals surface area contributed by atoms with Crippen LogP contribution in [0.1, 0.15) is 25.3 Å². The van der Waals surface area contributed by atoms with Gasteiger partial charge in [-0.3, -0.25) is 0 Å². The highest BCUT2D eigenvalue weighted by Gasteiger charge is 2.19. The van der Waals surface area contributed by atoms with Gasteiger partial charge in [0.15, 0.2) is 11.5 Å². The summed E-state index contributed by atoms with van der Waals surface area (Å²) in [5.41, 5.74) is 0.994. The van der Waals surface area contributed by atoms with E-state index < -0.39 is 0 Å². The van der Waals surface area contributed by atoms with Crippen LogP contribution in [0.5, 0.6) is 11.5 Å². The Morgan fingerprint density at radius 3 is 2.67 bits per heavy atom. The van der Waals surface area contributed by atoms with E-state index in [2.05, 4.69) is 24.8 Å². The van der Waals surface area contributed by atoms with Crippen LogP contribution in [0.3, 0.4) is 0 Å². The molecule has 4 nitrogen and oxygen atoms in total. The minimum absolute atomic E-state index is 0.126. The van der Waals surface area contributed by atoms with Gasteiger partial charge in [0.1, 0.15) is 0 Å². The maximum absolute atomic E-state index is 9.32. The van der Waals surface area contributed by atoms with Crippen molar-refractivity contribution in [1.29, 1.82) is 5.26 Å². The average Bonchev–Trinajstić information content (AvgIpc) is 2.87. The summed E-state index contributed by atoms with van der Waals surface area (Å²) in [7, 11) is 0. The molecule has 0 radical (unpaired) electrons. The fourth-order valence-corrected chi connectivity index (χ4v) is 2.09. The van der Waals surface area contributed by atoms with Crippen molar-refractivity contribution in [3.8, 4) is 17.6 Å². The Bertz CT molecular complexity index is 450. The van der Waals surface area contributed by atoms with E-state index in [4.69, 9.17) is 9.47 Å². The number of nitriles is 1. The van der Waals surface area contributed by atoms with Crippen LogP contribution in [-0.2, 0) is 0 Å². The summed E-state index contributed by atoms with van der Waals surface area (Å²) < 4.78 is 10.6. The molecule has 0 saturated carbocycles. The summed E-state index contributed by atoms with van der Waals surface area (Å²) in [6.07, 6.45) is 0. The molecular formula is C14H18N2O2. The molecule has 0 spiro atoms. The lowest BCUT2D eigenvalue weighted by Gasteiger charge is -2.21. The average molecular weight is 246 g/mol. The second-order valence-electron chi connectivity index (χ2n) is 4.28. The molecule has 0 aromatic heterocycles. The summed E-state index contributed by atoms with van der Waals surface area (Å²) >= 11 is 0. The molecule has 1 atom stereocenters. The lowest BCUT2D eigenvalue weighted by atomic mass is 9.99. The molecule has 1 aromatic rings. The molecule has 1 aromatic carbocycles. The molecule has 1 aliphatic rings. The first-order valence-electron chi connectivity index (χ1n) is 6.30. The second-order valence-corrected chi connectivity index (χ2v) is 4.28. The minimum atomic E-state index is -0.126. The Kier molecular flexibility index (Phi) is 4.06. The molecule has 0 bridgehead atoms. The Hall–Kier alpha value is -1.73. The Balaban J connectivity index is 2.15. The summed E-state index contributed by atoms with van der Waals surface area (Å²) in [5.74, 6) is 1.38. The maximum atomic E-state index is 9.32. The zero-order chi connectivity index (χ0) is 13.0. The van der Waals surface area contributed by atoms with E-state index in [1.54, 1.807) is 0 Å². The van der Waals surface area contributed by atoms with Gasteiger partial charge in [0.05, 0.1) is 12.0 Å². The third-order valence-corrected chi connectivity index (χ3v) is 3.29. The Labute approximate surface area is 108 Å². The van der Waals surface area contributed by atoms with Crippen molar-refractivity contribution in [1.82, 2.24) is 4.90 Å². The van der Waals surface area contributed by atoms with E-state index in [1.807, 2.05) is 18.2 Å². The van der Waals surface area contributed by atoms with Gasteiger partial charge < -0.3 is 14.4 Å². The zero-order valence-electron chi connectivity index (χ0n) is 10.8. The van der Waals surface area contributed by atoms with Crippen LogP contribution >= 0.6 is 0 Å². The number of ether oxygens (including phenoxy) is 2. The highest BCUT2D eigenvalue weighted by molar-refractivity contribution is 5.46. The molecule has 2 rings (SSSR count). The zero-order valence-corrected chi connectivity index (χ0v) is 10.8. The predicted octanol–water partition coefficient (Wildman–Crippen LogP) is 2.36. The molecule has 1 unspecified atom stereocenters. The van der Waals surface area contributed by atoms with Gasteiger partial charge in [0.2, 0.25) is 6.79 Å². The van der Waals surface area contributed by atoms with E-state index in [0.717, 1.165) is 36.7 Å². The van der Waals surface area contributed by atoms with Crippen molar-refractivity contribution in [2.24, 2.45) is 0 Å².